The van der Waals surface area contributed by atoms with Crippen LogP contribution in [0.2, 0.25) is 0 Å². The van der Waals surface area contributed by atoms with Crippen molar-refractivity contribution in [2.75, 3.05) is 0 Å². The van der Waals surface area contributed by atoms with Gasteiger partial charge in [0.15, 0.2) is 0 Å². The molecule has 0 spiro atoms. The van der Waals surface area contributed by atoms with E-state index < -0.39 is 0 Å². The molecule has 0 heterocycles. The average molecular weight is 234 g/mol. The Labute approximate surface area is 108 Å². The molecule has 0 fully saturated rings. The van der Waals surface area contributed by atoms with Crippen molar-refractivity contribution in [3.8, 4) is 11.1 Å². The molecule has 1 aliphatic carbocycles. The third-order valence-electron chi connectivity index (χ3n) is 3.61. The van der Waals surface area contributed by atoms with E-state index in [1.165, 1.54) is 46.4 Å². The Morgan fingerprint density at radius 1 is 0.944 bits per heavy atom. The first-order valence-electron chi connectivity index (χ1n) is 6.80. The van der Waals surface area contributed by atoms with E-state index in [-0.39, 0.29) is 0 Å². The van der Waals surface area contributed by atoms with Crippen molar-refractivity contribution in [2.24, 2.45) is 0 Å². The van der Waals surface area contributed by atoms with Crippen LogP contribution in [-0.4, -0.2) is 0 Å². The van der Waals surface area contributed by atoms with Gasteiger partial charge in [0.25, 0.3) is 0 Å². The molecule has 0 aliphatic heterocycles. The fraction of sp³-hybridized carbons (Fsp3) is 0.222. The molecule has 90 valence electrons. The van der Waals surface area contributed by atoms with Crippen molar-refractivity contribution in [1.29, 1.82) is 0 Å². The van der Waals surface area contributed by atoms with E-state index in [4.69, 9.17) is 0 Å². The molecule has 0 nitrogen and oxygen atoms in total. The lowest BCUT2D eigenvalue weighted by atomic mass is 10.0. The number of unbranched alkanes of at least 4 members (excludes halogenated alkanes) is 2. The van der Waals surface area contributed by atoms with Gasteiger partial charge in [0.2, 0.25) is 0 Å². The maximum absolute atomic E-state index is 2.38. The molecule has 0 radical (unpaired) electrons. The van der Waals surface area contributed by atoms with E-state index in [1.807, 2.05) is 0 Å². The zero-order valence-corrected chi connectivity index (χ0v) is 10.8. The molecule has 0 saturated heterocycles. The van der Waals surface area contributed by atoms with Gasteiger partial charge in [-0.15, -0.1) is 0 Å². The zero-order valence-electron chi connectivity index (χ0n) is 10.8. The Morgan fingerprint density at radius 3 is 2.67 bits per heavy atom. The lowest BCUT2D eigenvalue weighted by Gasteiger charge is -2.00. The van der Waals surface area contributed by atoms with E-state index in [0.717, 1.165) is 0 Å². The van der Waals surface area contributed by atoms with Crippen molar-refractivity contribution < 1.29 is 0 Å². The van der Waals surface area contributed by atoms with Crippen molar-refractivity contribution >= 4 is 12.2 Å². The SMILES string of the molecule is CCCCC=c1cccc2c1=Cc1ccccc1-2. The summed E-state index contributed by atoms with van der Waals surface area (Å²) in [6.07, 6.45) is 8.41. The summed E-state index contributed by atoms with van der Waals surface area (Å²) in [5.74, 6) is 0. The van der Waals surface area contributed by atoms with Gasteiger partial charge in [0, 0.05) is 0 Å². The molecule has 0 N–H and O–H groups in total. The summed E-state index contributed by atoms with van der Waals surface area (Å²) in [6.45, 7) is 2.24. The highest BCUT2D eigenvalue weighted by atomic mass is 14.1. The number of benzene rings is 2. The summed E-state index contributed by atoms with van der Waals surface area (Å²) < 4.78 is 0. The highest BCUT2D eigenvalue weighted by Crippen LogP contribution is 2.24. The van der Waals surface area contributed by atoms with Crippen LogP contribution in [0, 0.1) is 0 Å². The summed E-state index contributed by atoms with van der Waals surface area (Å²) in [6, 6.07) is 15.3. The van der Waals surface area contributed by atoms with Crippen molar-refractivity contribution in [1.82, 2.24) is 0 Å². The fourth-order valence-electron chi connectivity index (χ4n) is 2.64. The molecule has 0 atom stereocenters. The number of fused-ring (bicyclic) bond motifs is 3. The Hall–Kier alpha value is -1.82. The van der Waals surface area contributed by atoms with Gasteiger partial charge in [-0.3, -0.25) is 0 Å². The zero-order chi connectivity index (χ0) is 12.4. The van der Waals surface area contributed by atoms with Crippen molar-refractivity contribution in [3.63, 3.8) is 0 Å². The number of hydrogen-bond acceptors (Lipinski definition) is 0. The smallest absolute Gasteiger partial charge is 0.00993 e. The quantitative estimate of drug-likeness (QED) is 0.609. The first-order chi connectivity index (χ1) is 8.90. The molecule has 18 heavy (non-hydrogen) atoms. The molecular formula is C18H18. The summed E-state index contributed by atoms with van der Waals surface area (Å²) in [4.78, 5) is 0. The standard InChI is InChI=1S/C18H18/c1-2-3-4-8-14-10-7-12-17-16-11-6-5-9-15(16)13-18(14)17/h5-13H,2-4H2,1H3. The molecule has 3 rings (SSSR count). The van der Waals surface area contributed by atoms with E-state index >= 15 is 0 Å². The summed E-state index contributed by atoms with van der Waals surface area (Å²) >= 11 is 0. The normalized spacial score (nSPS) is 13.1. The van der Waals surface area contributed by atoms with E-state index in [2.05, 4.69) is 61.5 Å². The van der Waals surface area contributed by atoms with Crippen LogP contribution >= 0.6 is 0 Å². The van der Waals surface area contributed by atoms with Crippen LogP contribution in [0.4, 0.5) is 0 Å². The van der Waals surface area contributed by atoms with E-state index in [0.29, 0.717) is 0 Å². The molecule has 0 saturated carbocycles. The van der Waals surface area contributed by atoms with Gasteiger partial charge in [-0.05, 0) is 39.6 Å². The van der Waals surface area contributed by atoms with Crippen molar-refractivity contribution in [3.05, 3.63) is 58.5 Å². The molecule has 1 aliphatic rings. The highest BCUT2D eigenvalue weighted by molar-refractivity contribution is 5.82. The average Bonchev–Trinajstić information content (AvgIpc) is 2.79. The molecule has 0 heteroatoms. The van der Waals surface area contributed by atoms with Gasteiger partial charge < -0.3 is 0 Å². The van der Waals surface area contributed by atoms with Crippen LogP contribution in [0.5, 0.6) is 0 Å². The molecule has 2 aromatic rings. The molecule has 0 amide bonds. The molecular weight excluding hydrogens is 216 g/mol. The highest BCUT2D eigenvalue weighted by Gasteiger charge is 2.10. The monoisotopic (exact) mass is 234 g/mol. The molecule has 0 aromatic heterocycles. The number of hydrogen-bond donors (Lipinski definition) is 0. The fourth-order valence-corrected chi connectivity index (χ4v) is 2.64. The number of rotatable bonds is 3. The predicted molar refractivity (Wildman–Crippen MR) is 78.7 cm³/mol. The maximum Gasteiger partial charge on any atom is -0.00993 e. The molecule has 2 aromatic carbocycles. The van der Waals surface area contributed by atoms with Crippen LogP contribution in [0.1, 0.15) is 31.7 Å². The predicted octanol–water partition coefficient (Wildman–Crippen LogP) is 3.47. The Balaban J connectivity index is 2.14. The minimum Gasteiger partial charge on any atom is -0.0766 e. The van der Waals surface area contributed by atoms with Crippen molar-refractivity contribution in [2.45, 2.75) is 26.2 Å². The first-order valence-corrected chi connectivity index (χ1v) is 6.80. The maximum atomic E-state index is 2.38. The Morgan fingerprint density at radius 2 is 1.78 bits per heavy atom. The lowest BCUT2D eigenvalue weighted by Crippen LogP contribution is -2.24. The largest absolute Gasteiger partial charge is 0.0766 e. The van der Waals surface area contributed by atoms with Gasteiger partial charge in [0.1, 0.15) is 0 Å². The van der Waals surface area contributed by atoms with Crippen LogP contribution < -0.4 is 10.4 Å². The lowest BCUT2D eigenvalue weighted by molar-refractivity contribution is 0.833. The Kier molecular flexibility index (Phi) is 3.02. The topological polar surface area (TPSA) is 0 Å². The van der Waals surface area contributed by atoms with Crippen LogP contribution in [-0.2, 0) is 0 Å². The van der Waals surface area contributed by atoms with Gasteiger partial charge in [-0.25, -0.2) is 0 Å². The van der Waals surface area contributed by atoms with Crippen LogP contribution in [0.25, 0.3) is 23.3 Å². The third kappa shape index (κ3) is 1.88. The second-order valence-electron chi connectivity index (χ2n) is 4.89. The van der Waals surface area contributed by atoms with E-state index in [9.17, 15) is 0 Å². The second kappa shape index (κ2) is 4.81. The first kappa shape index (κ1) is 11.3. The molecule has 0 bridgehead atoms. The van der Waals surface area contributed by atoms with Gasteiger partial charge >= 0.3 is 0 Å². The summed E-state index contributed by atoms with van der Waals surface area (Å²) in [5, 5.41) is 2.78. The minimum absolute atomic E-state index is 1.18. The second-order valence-corrected chi connectivity index (χ2v) is 4.89. The minimum atomic E-state index is 1.18. The third-order valence-corrected chi connectivity index (χ3v) is 3.61. The van der Waals surface area contributed by atoms with Gasteiger partial charge in [-0.2, -0.15) is 0 Å². The Bertz CT molecular complexity index is 677. The summed E-state index contributed by atoms with van der Waals surface area (Å²) in [5.41, 5.74) is 4.11. The van der Waals surface area contributed by atoms with Gasteiger partial charge in [-0.1, -0.05) is 68.3 Å². The van der Waals surface area contributed by atoms with Gasteiger partial charge in [0.05, 0.1) is 0 Å². The van der Waals surface area contributed by atoms with E-state index in [1.54, 1.807) is 0 Å². The summed E-state index contributed by atoms with van der Waals surface area (Å²) in [7, 11) is 0. The molecule has 0 unspecified atom stereocenters. The van der Waals surface area contributed by atoms with Crippen LogP contribution in [0.3, 0.4) is 0 Å². The van der Waals surface area contributed by atoms with Crippen LogP contribution in [0.15, 0.2) is 42.5 Å².